The van der Waals surface area contributed by atoms with Gasteiger partial charge in [0.05, 0.1) is 17.4 Å². The number of quaternary nitrogens is 1. The highest BCUT2D eigenvalue weighted by Gasteiger charge is 2.21. The van der Waals surface area contributed by atoms with Gasteiger partial charge in [0.15, 0.2) is 0 Å². The van der Waals surface area contributed by atoms with E-state index in [1.54, 1.807) is 18.2 Å². The zero-order valence-electron chi connectivity index (χ0n) is 13.0. The fourth-order valence-corrected chi connectivity index (χ4v) is 2.50. The molecule has 7 N–H and O–H groups in total. The third kappa shape index (κ3) is 2.86. The minimum absolute atomic E-state index is 0.186. The monoisotopic (exact) mass is 311 g/mol. The molecule has 0 atom stereocenters. The summed E-state index contributed by atoms with van der Waals surface area (Å²) in [7, 11) is 0. The summed E-state index contributed by atoms with van der Waals surface area (Å²) < 4.78 is 0. The van der Waals surface area contributed by atoms with Gasteiger partial charge in [0.25, 0.3) is 0 Å². The zero-order valence-corrected chi connectivity index (χ0v) is 13.0. The van der Waals surface area contributed by atoms with Crippen molar-refractivity contribution in [2.45, 2.75) is 19.9 Å². The molecule has 1 aromatic carbocycles. The number of hydrogen-bond acceptors (Lipinski definition) is 5. The van der Waals surface area contributed by atoms with Crippen molar-refractivity contribution in [2.75, 3.05) is 5.73 Å². The molecule has 0 spiro atoms. The fourth-order valence-electron chi connectivity index (χ4n) is 2.50. The lowest BCUT2D eigenvalue weighted by Crippen LogP contribution is -2.83. The Morgan fingerprint density at radius 3 is 2.83 bits per heavy atom. The Bertz CT molecular complexity index is 883. The van der Waals surface area contributed by atoms with Gasteiger partial charge in [0.2, 0.25) is 5.82 Å². The fraction of sp³-hybridized carbons (Fsp3) is 0.188. The highest BCUT2D eigenvalue weighted by molar-refractivity contribution is 6.16. The second-order valence-corrected chi connectivity index (χ2v) is 5.76. The minimum Gasteiger partial charge on any atom is -0.508 e. The number of fused-ring (bicyclic) bond motifs is 1. The molecule has 0 aliphatic carbocycles. The molecule has 7 heteroatoms. The third-order valence-electron chi connectivity index (χ3n) is 3.52. The summed E-state index contributed by atoms with van der Waals surface area (Å²) in [5, 5.41) is 20.9. The maximum atomic E-state index is 9.57. The van der Waals surface area contributed by atoms with Crippen molar-refractivity contribution in [3.8, 4) is 5.75 Å². The number of benzene rings is 1. The molecule has 0 fully saturated rings. The predicted molar refractivity (Wildman–Crippen MR) is 89.1 cm³/mol. The zero-order chi connectivity index (χ0) is 16.6. The number of aromatic nitrogens is 3. The predicted octanol–water partition coefficient (Wildman–Crippen LogP) is 1.27. The molecule has 0 unspecified atom stereocenters. The second-order valence-electron chi connectivity index (χ2n) is 5.76. The molecular formula is C16H19N6O+. The van der Waals surface area contributed by atoms with Crippen LogP contribution in [0.3, 0.4) is 0 Å². The van der Waals surface area contributed by atoms with Crippen LogP contribution in [-0.2, 0) is 0 Å². The number of aromatic hydroxyl groups is 1. The highest BCUT2D eigenvalue weighted by Crippen LogP contribution is 2.24. The van der Waals surface area contributed by atoms with E-state index in [9.17, 15) is 5.11 Å². The van der Waals surface area contributed by atoms with Gasteiger partial charge < -0.3 is 15.8 Å². The topological polar surface area (TPSA) is 128 Å². The van der Waals surface area contributed by atoms with Crippen LogP contribution >= 0.6 is 0 Å². The average molecular weight is 311 g/mol. The number of H-pyrrole nitrogens is 1. The lowest BCUT2D eigenvalue weighted by molar-refractivity contribution is -0.606. The smallest absolute Gasteiger partial charge is 0.239 e. The molecule has 0 amide bonds. The first kappa shape index (κ1) is 15.0. The molecule has 0 saturated heterocycles. The van der Waals surface area contributed by atoms with Gasteiger partial charge in [-0.2, -0.15) is 4.98 Å². The van der Waals surface area contributed by atoms with Gasteiger partial charge in [0.1, 0.15) is 23.5 Å². The Morgan fingerprint density at radius 1 is 1.30 bits per heavy atom. The quantitative estimate of drug-likeness (QED) is 0.465. The molecule has 0 radical (unpaired) electrons. The molecule has 7 nitrogen and oxygen atoms in total. The first-order chi connectivity index (χ1) is 11.0. The molecule has 2 aromatic heterocycles. The molecule has 3 rings (SSSR count). The van der Waals surface area contributed by atoms with Gasteiger partial charge in [0, 0.05) is 10.9 Å². The van der Waals surface area contributed by atoms with E-state index in [-0.39, 0.29) is 23.3 Å². The van der Waals surface area contributed by atoms with Crippen LogP contribution in [0.15, 0.2) is 30.6 Å². The first-order valence-corrected chi connectivity index (χ1v) is 7.32. The number of hydrogen-bond donors (Lipinski definition) is 5. The van der Waals surface area contributed by atoms with Crippen molar-refractivity contribution in [1.82, 2.24) is 15.0 Å². The maximum absolute atomic E-state index is 9.57. The molecule has 118 valence electrons. The number of aromatic amines is 1. The Morgan fingerprint density at radius 2 is 2.09 bits per heavy atom. The minimum atomic E-state index is 0.186. The molecule has 0 aliphatic heterocycles. The van der Waals surface area contributed by atoms with E-state index in [2.05, 4.69) is 15.0 Å². The van der Waals surface area contributed by atoms with Crippen LogP contribution in [0.25, 0.3) is 10.9 Å². The number of nitrogens with one attached hydrogen (secondary N) is 2. The standard InChI is InChI=1S/C16H18N6O/c1-8(2)21-16-13(15(18)19-7-20-16)14(17)12-6-9-5-10(23)3-4-11(9)22-12/h3-8,17,22-23H,1-2H3,(H3,18,19,20,21)/p+1. The lowest BCUT2D eigenvalue weighted by atomic mass is 10.1. The largest absolute Gasteiger partial charge is 0.508 e. The van der Waals surface area contributed by atoms with Crippen molar-refractivity contribution in [2.24, 2.45) is 0 Å². The van der Waals surface area contributed by atoms with Crippen molar-refractivity contribution in [3.63, 3.8) is 0 Å². The number of anilines is 1. The van der Waals surface area contributed by atoms with Crippen LogP contribution in [-0.4, -0.2) is 31.8 Å². The van der Waals surface area contributed by atoms with Crippen LogP contribution in [0.4, 0.5) is 11.6 Å². The molecule has 0 aliphatic rings. The van der Waals surface area contributed by atoms with Gasteiger partial charge >= 0.3 is 0 Å². The number of phenols is 1. The number of phenolic OH excluding ortho intramolecular Hbond substituents is 1. The maximum Gasteiger partial charge on any atom is 0.239 e. The van der Waals surface area contributed by atoms with Gasteiger partial charge in [-0.1, -0.05) is 0 Å². The number of rotatable bonds is 4. The third-order valence-corrected chi connectivity index (χ3v) is 3.52. The number of nitrogen functional groups attached to an aromatic ring is 1. The molecule has 0 saturated carbocycles. The van der Waals surface area contributed by atoms with Gasteiger partial charge in [-0.25, -0.2) is 4.98 Å². The summed E-state index contributed by atoms with van der Waals surface area (Å²) >= 11 is 0. The summed E-state index contributed by atoms with van der Waals surface area (Å²) in [4.78, 5) is 11.4. The van der Waals surface area contributed by atoms with Crippen LogP contribution in [0.5, 0.6) is 5.75 Å². The molecule has 23 heavy (non-hydrogen) atoms. The Balaban J connectivity index is 2.08. The SMILES string of the molecule is CC(C)[NH2+]c1ncnc(N)c1C(=N)c1cc2cc(O)ccc2[nH]1. The Hall–Kier alpha value is -2.93. The summed E-state index contributed by atoms with van der Waals surface area (Å²) in [6.45, 7) is 4.08. The van der Waals surface area contributed by atoms with Crippen molar-refractivity contribution in [1.29, 1.82) is 5.41 Å². The second kappa shape index (κ2) is 5.69. The van der Waals surface area contributed by atoms with E-state index >= 15 is 0 Å². The number of nitrogens with two attached hydrogens (primary N) is 2. The molecule has 2 heterocycles. The van der Waals surface area contributed by atoms with E-state index in [1.807, 2.05) is 25.2 Å². The molecule has 3 aromatic rings. The van der Waals surface area contributed by atoms with Crippen LogP contribution in [0, 0.1) is 5.41 Å². The van der Waals surface area contributed by atoms with E-state index in [0.29, 0.717) is 17.1 Å². The summed E-state index contributed by atoms with van der Waals surface area (Å²) in [6.07, 6.45) is 1.41. The van der Waals surface area contributed by atoms with Crippen molar-refractivity contribution < 1.29 is 10.4 Å². The normalized spacial score (nSPS) is 11.3. The van der Waals surface area contributed by atoms with E-state index in [1.165, 1.54) is 6.33 Å². The van der Waals surface area contributed by atoms with Crippen LogP contribution in [0.1, 0.15) is 25.1 Å². The Labute approximate surface area is 133 Å². The Kier molecular flexibility index (Phi) is 3.71. The lowest BCUT2D eigenvalue weighted by Gasteiger charge is -2.10. The number of nitrogens with zero attached hydrogens (tertiary/aromatic N) is 2. The van der Waals surface area contributed by atoms with E-state index in [4.69, 9.17) is 11.1 Å². The van der Waals surface area contributed by atoms with Crippen LogP contribution in [0.2, 0.25) is 0 Å². The van der Waals surface area contributed by atoms with Crippen molar-refractivity contribution >= 4 is 28.3 Å². The molecule has 0 bridgehead atoms. The van der Waals surface area contributed by atoms with Crippen LogP contribution < -0.4 is 11.1 Å². The molecular weight excluding hydrogens is 292 g/mol. The van der Waals surface area contributed by atoms with Gasteiger partial charge in [-0.05, 0) is 38.1 Å². The van der Waals surface area contributed by atoms with Gasteiger partial charge in [-0.3, -0.25) is 10.7 Å². The summed E-state index contributed by atoms with van der Waals surface area (Å²) in [6, 6.07) is 7.10. The van der Waals surface area contributed by atoms with E-state index in [0.717, 1.165) is 10.9 Å². The summed E-state index contributed by atoms with van der Waals surface area (Å²) in [5.74, 6) is 1.11. The summed E-state index contributed by atoms with van der Waals surface area (Å²) in [5.41, 5.74) is 8.17. The van der Waals surface area contributed by atoms with Crippen molar-refractivity contribution in [3.05, 3.63) is 41.9 Å². The average Bonchev–Trinajstić information content (AvgIpc) is 2.89. The first-order valence-electron chi connectivity index (χ1n) is 7.32. The van der Waals surface area contributed by atoms with E-state index < -0.39 is 0 Å². The highest BCUT2D eigenvalue weighted by atomic mass is 16.3. The van der Waals surface area contributed by atoms with Gasteiger partial charge in [-0.15, -0.1) is 0 Å².